The quantitative estimate of drug-likeness (QED) is 0.325. The molecule has 4 aromatic rings. The van der Waals surface area contributed by atoms with Crippen molar-refractivity contribution in [1.29, 1.82) is 0 Å². The van der Waals surface area contributed by atoms with Crippen LogP contribution in [0.2, 0.25) is 5.02 Å². The maximum absolute atomic E-state index is 13.5. The molecule has 0 fully saturated rings. The maximum atomic E-state index is 13.5. The molecule has 2 atom stereocenters. The van der Waals surface area contributed by atoms with E-state index in [2.05, 4.69) is 5.32 Å². The number of hydrogen-bond donors (Lipinski definition) is 3. The van der Waals surface area contributed by atoms with Crippen molar-refractivity contribution in [3.05, 3.63) is 106 Å². The number of methoxy groups -OCH3 is 2. The minimum absolute atomic E-state index is 0.183. The molecular weight excluding hydrogens is 480 g/mol. The number of aromatic hydroxyl groups is 2. The summed E-state index contributed by atoms with van der Waals surface area (Å²) in [5, 5.41) is 27.0. The Morgan fingerprint density at radius 1 is 0.972 bits per heavy atom. The SMILES string of the molecule is COC(=O)C1(Cc2ccccc2)NC(c2ccc(OC)cc2)c2c1c(O)n(-c1ccc(Cl)cc1)c2O. The molecule has 7 nitrogen and oxygen atoms in total. The molecule has 1 aliphatic rings. The second-order valence-corrected chi connectivity index (χ2v) is 9.09. The van der Waals surface area contributed by atoms with Gasteiger partial charge in [0.2, 0.25) is 11.8 Å². The van der Waals surface area contributed by atoms with E-state index in [4.69, 9.17) is 21.1 Å². The van der Waals surface area contributed by atoms with Crippen LogP contribution in [0, 0.1) is 0 Å². The largest absolute Gasteiger partial charge is 0.497 e. The van der Waals surface area contributed by atoms with E-state index in [0.717, 1.165) is 11.1 Å². The number of rotatable bonds is 6. The molecule has 1 aromatic heterocycles. The Balaban J connectivity index is 1.76. The van der Waals surface area contributed by atoms with E-state index in [1.54, 1.807) is 43.5 Å². The van der Waals surface area contributed by atoms with Crippen molar-refractivity contribution < 1.29 is 24.5 Å². The van der Waals surface area contributed by atoms with E-state index in [-0.39, 0.29) is 23.7 Å². The van der Waals surface area contributed by atoms with Gasteiger partial charge in [0.15, 0.2) is 5.54 Å². The van der Waals surface area contributed by atoms with Crippen LogP contribution in [-0.4, -0.2) is 35.0 Å². The van der Waals surface area contributed by atoms with Gasteiger partial charge in [-0.3, -0.25) is 9.88 Å². The van der Waals surface area contributed by atoms with Gasteiger partial charge in [-0.15, -0.1) is 0 Å². The molecule has 0 saturated heterocycles. The van der Waals surface area contributed by atoms with E-state index in [9.17, 15) is 15.0 Å². The topological polar surface area (TPSA) is 93.0 Å². The predicted octanol–water partition coefficient (Wildman–Crippen LogP) is 4.85. The van der Waals surface area contributed by atoms with Gasteiger partial charge in [0, 0.05) is 17.0 Å². The Hall–Kier alpha value is -3.94. The van der Waals surface area contributed by atoms with Crippen molar-refractivity contribution in [3.63, 3.8) is 0 Å². The molecule has 5 rings (SSSR count). The fourth-order valence-electron chi connectivity index (χ4n) is 4.98. The van der Waals surface area contributed by atoms with Crippen molar-refractivity contribution in [2.24, 2.45) is 0 Å². The molecule has 1 aliphatic heterocycles. The summed E-state index contributed by atoms with van der Waals surface area (Å²) in [6.45, 7) is 0. The molecule has 3 aromatic carbocycles. The lowest BCUT2D eigenvalue weighted by atomic mass is 9.85. The molecule has 36 heavy (non-hydrogen) atoms. The Morgan fingerprint density at radius 3 is 2.25 bits per heavy atom. The minimum atomic E-state index is -1.46. The summed E-state index contributed by atoms with van der Waals surface area (Å²) in [6, 6.07) is 22.9. The van der Waals surface area contributed by atoms with Crippen molar-refractivity contribution >= 4 is 17.6 Å². The molecule has 0 spiro atoms. The Labute approximate surface area is 213 Å². The van der Waals surface area contributed by atoms with Crippen molar-refractivity contribution in [1.82, 2.24) is 9.88 Å². The number of carbonyl (C=O) groups is 1. The van der Waals surface area contributed by atoms with Crippen LogP contribution in [0.4, 0.5) is 0 Å². The summed E-state index contributed by atoms with van der Waals surface area (Å²) < 4.78 is 11.9. The summed E-state index contributed by atoms with van der Waals surface area (Å²) in [7, 11) is 2.89. The summed E-state index contributed by atoms with van der Waals surface area (Å²) in [5.74, 6) is -0.342. The highest BCUT2D eigenvalue weighted by molar-refractivity contribution is 6.30. The highest BCUT2D eigenvalue weighted by Crippen LogP contribution is 2.53. The zero-order valence-electron chi connectivity index (χ0n) is 19.7. The molecule has 3 N–H and O–H groups in total. The molecular formula is C28H25ClN2O5. The van der Waals surface area contributed by atoms with Gasteiger partial charge >= 0.3 is 5.97 Å². The Morgan fingerprint density at radius 2 is 1.64 bits per heavy atom. The number of nitrogens with zero attached hydrogens (tertiary/aromatic N) is 1. The average Bonchev–Trinajstić information content (AvgIpc) is 3.38. The highest BCUT2D eigenvalue weighted by Gasteiger charge is 2.55. The standard InChI is InChI=1S/C28H25ClN2O5/c1-35-21-14-8-18(9-15-21)24-22-23(26(33)31(25(22)32)20-12-10-19(29)11-13-20)28(30-24,27(34)36-2)16-17-6-4-3-5-7-17/h3-15,24,30,32-33H,16H2,1-2H3. The average molecular weight is 505 g/mol. The van der Waals surface area contributed by atoms with Crippen LogP contribution in [0.25, 0.3) is 5.69 Å². The molecule has 2 unspecified atom stereocenters. The van der Waals surface area contributed by atoms with Crippen LogP contribution in [-0.2, 0) is 21.5 Å². The number of aromatic nitrogens is 1. The van der Waals surface area contributed by atoms with Crippen molar-refractivity contribution in [2.45, 2.75) is 18.0 Å². The van der Waals surface area contributed by atoms with Gasteiger partial charge in [-0.05, 0) is 47.5 Å². The number of nitrogens with one attached hydrogen (secondary N) is 1. The molecule has 0 aliphatic carbocycles. The molecule has 0 radical (unpaired) electrons. The van der Waals surface area contributed by atoms with Gasteiger partial charge in [0.1, 0.15) is 5.75 Å². The van der Waals surface area contributed by atoms with Crippen LogP contribution in [0.15, 0.2) is 78.9 Å². The summed E-state index contributed by atoms with van der Waals surface area (Å²) in [4.78, 5) is 13.5. The Bertz CT molecular complexity index is 1400. The van der Waals surface area contributed by atoms with Gasteiger partial charge in [-0.1, -0.05) is 54.1 Å². The second kappa shape index (κ2) is 9.26. The number of carbonyl (C=O) groups excluding carboxylic acids is 1. The third-order valence-corrected chi connectivity index (χ3v) is 6.90. The van der Waals surface area contributed by atoms with Gasteiger partial charge in [0.05, 0.1) is 31.5 Å². The zero-order chi connectivity index (χ0) is 25.4. The fraction of sp³-hybridized carbons (Fsp3) is 0.179. The first-order valence-electron chi connectivity index (χ1n) is 11.4. The molecule has 0 amide bonds. The number of esters is 1. The van der Waals surface area contributed by atoms with Gasteiger partial charge in [0.25, 0.3) is 0 Å². The van der Waals surface area contributed by atoms with Crippen molar-refractivity contribution in [2.75, 3.05) is 14.2 Å². The summed E-state index contributed by atoms with van der Waals surface area (Å²) in [6.07, 6.45) is 0.192. The van der Waals surface area contributed by atoms with Crippen LogP contribution in [0.3, 0.4) is 0 Å². The highest BCUT2D eigenvalue weighted by atomic mass is 35.5. The smallest absolute Gasteiger partial charge is 0.331 e. The molecule has 184 valence electrons. The van der Waals surface area contributed by atoms with Crippen molar-refractivity contribution in [3.8, 4) is 23.2 Å². The summed E-state index contributed by atoms with van der Waals surface area (Å²) >= 11 is 6.06. The number of fused-ring (bicyclic) bond motifs is 1. The number of benzene rings is 3. The first-order valence-corrected chi connectivity index (χ1v) is 11.7. The predicted molar refractivity (Wildman–Crippen MR) is 136 cm³/mol. The first kappa shape index (κ1) is 23.8. The van der Waals surface area contributed by atoms with Gasteiger partial charge in [-0.25, -0.2) is 4.79 Å². The van der Waals surface area contributed by atoms with E-state index in [0.29, 0.717) is 22.0 Å². The van der Waals surface area contributed by atoms with Crippen LogP contribution in [0.5, 0.6) is 17.5 Å². The number of hydrogen-bond acceptors (Lipinski definition) is 6. The number of halogens is 1. The first-order chi connectivity index (χ1) is 17.4. The third kappa shape index (κ3) is 3.77. The van der Waals surface area contributed by atoms with E-state index in [1.807, 2.05) is 42.5 Å². The molecule has 2 heterocycles. The molecule has 0 bridgehead atoms. The maximum Gasteiger partial charge on any atom is 0.331 e. The van der Waals surface area contributed by atoms with Gasteiger partial charge in [-0.2, -0.15) is 0 Å². The van der Waals surface area contributed by atoms with Crippen LogP contribution >= 0.6 is 11.6 Å². The van der Waals surface area contributed by atoms with E-state index >= 15 is 0 Å². The molecule has 8 heteroatoms. The normalized spacial score (nSPS) is 18.6. The van der Waals surface area contributed by atoms with Crippen LogP contribution < -0.4 is 10.1 Å². The van der Waals surface area contributed by atoms with E-state index < -0.39 is 17.6 Å². The van der Waals surface area contributed by atoms with E-state index in [1.165, 1.54) is 11.7 Å². The Kier molecular flexibility index (Phi) is 6.12. The van der Waals surface area contributed by atoms with Gasteiger partial charge < -0.3 is 19.7 Å². The molecule has 0 saturated carbocycles. The second-order valence-electron chi connectivity index (χ2n) is 8.66. The summed E-state index contributed by atoms with van der Waals surface area (Å²) in [5.41, 5.74) is 1.33. The zero-order valence-corrected chi connectivity index (χ0v) is 20.5. The van der Waals surface area contributed by atoms with Crippen LogP contribution in [0.1, 0.15) is 28.3 Å². The fourth-order valence-corrected chi connectivity index (χ4v) is 5.11. The monoisotopic (exact) mass is 504 g/mol. The minimum Gasteiger partial charge on any atom is -0.497 e. The lowest BCUT2D eigenvalue weighted by Gasteiger charge is -2.30. The lowest BCUT2D eigenvalue weighted by molar-refractivity contribution is -0.149. The third-order valence-electron chi connectivity index (χ3n) is 6.64. The lowest BCUT2D eigenvalue weighted by Crippen LogP contribution is -2.48. The number of ether oxygens (including phenoxy) is 2.